The van der Waals surface area contributed by atoms with E-state index < -0.39 is 28.0 Å². The maximum atomic E-state index is 12.6. The quantitative estimate of drug-likeness (QED) is 0.0324. The summed E-state index contributed by atoms with van der Waals surface area (Å²) in [5.74, 6) is -1.00. The molecule has 6 nitrogen and oxygen atoms in total. The molecule has 7 heteroatoms. The molecule has 3 N–H and O–H groups in total. The summed E-state index contributed by atoms with van der Waals surface area (Å²) in [7, 11) is -4.36. The van der Waals surface area contributed by atoms with E-state index in [1.54, 1.807) is 0 Å². The summed E-state index contributed by atoms with van der Waals surface area (Å²) in [6.07, 6.45) is 56.8. The molecule has 0 aromatic carbocycles. The zero-order valence-electron chi connectivity index (χ0n) is 36.0. The predicted octanol–water partition coefficient (Wildman–Crippen LogP) is 14.2. The van der Waals surface area contributed by atoms with Gasteiger partial charge in [-0.25, -0.2) is 0 Å². The van der Waals surface area contributed by atoms with Crippen molar-refractivity contribution in [3.63, 3.8) is 0 Å². The summed E-state index contributed by atoms with van der Waals surface area (Å²) in [5.41, 5.74) is 0. The number of rotatable bonds is 42. The number of allylic oxidation sites excluding steroid dienone is 7. The van der Waals surface area contributed by atoms with Crippen molar-refractivity contribution in [2.75, 3.05) is 5.75 Å². The Kier molecular flexibility index (Phi) is 40.6. The summed E-state index contributed by atoms with van der Waals surface area (Å²) in [6, 6.07) is -1.08. The van der Waals surface area contributed by atoms with Crippen molar-refractivity contribution in [1.29, 1.82) is 0 Å². The van der Waals surface area contributed by atoms with Gasteiger partial charge in [0.1, 0.15) is 0 Å². The van der Waals surface area contributed by atoms with E-state index >= 15 is 0 Å². The second kappa shape index (κ2) is 41.9. The van der Waals surface area contributed by atoms with E-state index in [4.69, 9.17) is 0 Å². The van der Waals surface area contributed by atoms with Crippen LogP contribution in [0.1, 0.15) is 232 Å². The number of hydrogen-bond acceptors (Lipinski definition) is 4. The summed E-state index contributed by atoms with van der Waals surface area (Å²) in [6.45, 7) is 4.52. The minimum absolute atomic E-state index is 0.282. The molecule has 0 aromatic rings. The van der Waals surface area contributed by atoms with Gasteiger partial charge in [-0.1, -0.05) is 210 Å². The number of carbonyl (C=O) groups is 1. The van der Waals surface area contributed by atoms with Gasteiger partial charge in [-0.05, 0) is 64.2 Å². The van der Waals surface area contributed by atoms with E-state index in [-0.39, 0.29) is 12.3 Å². The molecule has 0 rings (SSSR count). The average molecular weight is 792 g/mol. The molecule has 0 aromatic heterocycles. The fraction of sp³-hybridized carbons (Fsp3) is 0.812. The van der Waals surface area contributed by atoms with Crippen LogP contribution < -0.4 is 5.32 Å². The first-order valence-corrected chi connectivity index (χ1v) is 24.9. The van der Waals surface area contributed by atoms with E-state index in [0.29, 0.717) is 6.42 Å². The molecule has 0 spiro atoms. The Bertz CT molecular complexity index is 1050. The Morgan fingerprint density at radius 2 is 0.836 bits per heavy atom. The van der Waals surface area contributed by atoms with Gasteiger partial charge >= 0.3 is 0 Å². The Morgan fingerprint density at radius 1 is 0.491 bits per heavy atom. The lowest BCUT2D eigenvalue weighted by atomic mass is 10.0. The Labute approximate surface area is 341 Å². The Hall–Kier alpha value is -1.70. The van der Waals surface area contributed by atoms with Gasteiger partial charge < -0.3 is 10.4 Å². The topological polar surface area (TPSA) is 104 Å². The molecule has 0 saturated carbocycles. The molecule has 55 heavy (non-hydrogen) atoms. The number of carbonyl (C=O) groups excluding carboxylic acids is 1. The van der Waals surface area contributed by atoms with E-state index in [1.165, 1.54) is 167 Å². The monoisotopic (exact) mass is 792 g/mol. The van der Waals surface area contributed by atoms with E-state index in [2.05, 4.69) is 55.6 Å². The van der Waals surface area contributed by atoms with Crippen LogP contribution in [0, 0.1) is 0 Å². The zero-order valence-corrected chi connectivity index (χ0v) is 36.9. The number of aliphatic hydroxyl groups excluding tert-OH is 1. The highest BCUT2D eigenvalue weighted by Gasteiger charge is 2.24. The fourth-order valence-corrected chi connectivity index (χ4v) is 7.70. The first-order chi connectivity index (χ1) is 26.8. The van der Waals surface area contributed by atoms with Crippen LogP contribution in [0.4, 0.5) is 0 Å². The summed E-state index contributed by atoms with van der Waals surface area (Å²) < 4.78 is 32.6. The molecule has 0 aliphatic carbocycles. The largest absolute Gasteiger partial charge is 0.387 e. The maximum Gasteiger partial charge on any atom is 0.267 e. The molecule has 0 bridgehead atoms. The zero-order chi connectivity index (χ0) is 40.3. The molecule has 0 fully saturated rings. The van der Waals surface area contributed by atoms with Crippen LogP contribution in [0.5, 0.6) is 0 Å². The molecule has 2 atom stereocenters. The van der Waals surface area contributed by atoms with Crippen LogP contribution in [0.25, 0.3) is 0 Å². The van der Waals surface area contributed by atoms with Crippen molar-refractivity contribution in [2.24, 2.45) is 0 Å². The SMILES string of the molecule is CCCCC/C=C\C/C=C\CCCCCCCCCCCC(=O)NC(CS(=O)(=O)O)C(O)/C=C/CC/C=C/CCCCCCCCCCCCCCCCC. The highest BCUT2D eigenvalue weighted by Crippen LogP contribution is 2.15. The molecule has 0 saturated heterocycles. The third-order valence-corrected chi connectivity index (χ3v) is 11.3. The minimum atomic E-state index is -4.36. The van der Waals surface area contributed by atoms with Gasteiger partial charge in [0.05, 0.1) is 17.9 Å². The molecule has 0 aliphatic rings. The Balaban J connectivity index is 3.90. The van der Waals surface area contributed by atoms with E-state index in [9.17, 15) is 22.9 Å². The van der Waals surface area contributed by atoms with Crippen molar-refractivity contribution in [1.82, 2.24) is 5.32 Å². The van der Waals surface area contributed by atoms with Crippen LogP contribution in [0.3, 0.4) is 0 Å². The Morgan fingerprint density at radius 3 is 1.29 bits per heavy atom. The van der Waals surface area contributed by atoms with Crippen molar-refractivity contribution >= 4 is 16.0 Å². The average Bonchev–Trinajstić information content (AvgIpc) is 3.15. The van der Waals surface area contributed by atoms with Crippen LogP contribution >= 0.6 is 0 Å². The lowest BCUT2D eigenvalue weighted by molar-refractivity contribution is -0.122. The van der Waals surface area contributed by atoms with Gasteiger partial charge in [-0.15, -0.1) is 0 Å². The number of nitrogens with one attached hydrogen (secondary N) is 1. The molecule has 1 amide bonds. The number of amides is 1. The molecule has 0 radical (unpaired) electrons. The second-order valence-electron chi connectivity index (χ2n) is 16.0. The summed E-state index contributed by atoms with van der Waals surface area (Å²) in [4.78, 5) is 12.6. The second-order valence-corrected chi connectivity index (χ2v) is 17.5. The number of hydrogen-bond donors (Lipinski definition) is 3. The van der Waals surface area contributed by atoms with Gasteiger partial charge in [-0.3, -0.25) is 9.35 Å². The third kappa shape index (κ3) is 43.3. The molecule has 0 heterocycles. The molecular weight excluding hydrogens is 703 g/mol. The van der Waals surface area contributed by atoms with E-state index in [0.717, 1.165) is 44.9 Å². The first-order valence-electron chi connectivity index (χ1n) is 23.3. The summed E-state index contributed by atoms with van der Waals surface area (Å²) in [5, 5.41) is 13.3. The van der Waals surface area contributed by atoms with Crippen LogP contribution in [0.15, 0.2) is 48.6 Å². The van der Waals surface area contributed by atoms with Crippen molar-refractivity contribution in [3.8, 4) is 0 Å². The van der Waals surface area contributed by atoms with Crippen LogP contribution in [-0.4, -0.2) is 41.9 Å². The highest BCUT2D eigenvalue weighted by atomic mass is 32.2. The third-order valence-electron chi connectivity index (χ3n) is 10.5. The lowest BCUT2D eigenvalue weighted by Crippen LogP contribution is -2.46. The van der Waals surface area contributed by atoms with Crippen molar-refractivity contribution in [3.05, 3.63) is 48.6 Å². The molecule has 0 aliphatic heterocycles. The van der Waals surface area contributed by atoms with Crippen molar-refractivity contribution in [2.45, 2.75) is 244 Å². The van der Waals surface area contributed by atoms with Gasteiger partial charge in [0, 0.05) is 6.42 Å². The normalized spacial score (nSPS) is 13.6. The minimum Gasteiger partial charge on any atom is -0.387 e. The lowest BCUT2D eigenvalue weighted by Gasteiger charge is -2.21. The smallest absolute Gasteiger partial charge is 0.267 e. The van der Waals surface area contributed by atoms with Gasteiger partial charge in [0.25, 0.3) is 10.1 Å². The summed E-state index contributed by atoms with van der Waals surface area (Å²) >= 11 is 0. The van der Waals surface area contributed by atoms with Crippen LogP contribution in [0.2, 0.25) is 0 Å². The first kappa shape index (κ1) is 53.3. The standard InChI is InChI=1S/C48H89NO5S/c1-3-5-7-9-11-13-15-17-19-21-23-24-26-27-29-31-33-35-37-39-41-43-47(50)46(45-55(52,53)54)49-48(51)44-42-40-38-36-34-32-30-28-25-22-20-18-16-14-12-10-8-6-4-2/h12,14,18,20,33,35,41,43,46-47,50H,3-11,13,15-17,19,21-32,34,36-40,42,44-45H2,1-2H3,(H,49,51)(H,52,53,54)/b14-12-,20-18-,35-33+,43-41+. The number of aliphatic hydroxyl groups is 1. The van der Waals surface area contributed by atoms with Gasteiger partial charge in [0.15, 0.2) is 0 Å². The van der Waals surface area contributed by atoms with Crippen molar-refractivity contribution < 1.29 is 22.9 Å². The fourth-order valence-electron chi connectivity index (χ4n) is 6.97. The van der Waals surface area contributed by atoms with E-state index in [1.807, 2.05) is 6.08 Å². The maximum absolute atomic E-state index is 12.6. The van der Waals surface area contributed by atoms with Gasteiger partial charge in [0.2, 0.25) is 5.91 Å². The molecular formula is C48H89NO5S. The van der Waals surface area contributed by atoms with Gasteiger partial charge in [-0.2, -0.15) is 8.42 Å². The molecule has 2 unspecified atom stereocenters. The highest BCUT2D eigenvalue weighted by molar-refractivity contribution is 7.85. The predicted molar refractivity (Wildman–Crippen MR) is 239 cm³/mol. The number of unbranched alkanes of at least 4 members (excludes halogenated alkanes) is 28. The van der Waals surface area contributed by atoms with Crippen LogP contribution in [-0.2, 0) is 14.9 Å². The molecule has 322 valence electrons.